The zero-order valence-corrected chi connectivity index (χ0v) is 14.4. The number of nitro benzene ring substituents is 1. The zero-order valence-electron chi connectivity index (χ0n) is 12.8. The summed E-state index contributed by atoms with van der Waals surface area (Å²) in [5.41, 5.74) is 1.77. The van der Waals surface area contributed by atoms with Crippen LogP contribution in [0.1, 0.15) is 29.2 Å². The molecular formula is C16H15ClN2O4S. The molecule has 0 spiro atoms. The van der Waals surface area contributed by atoms with E-state index in [0.29, 0.717) is 23.4 Å². The number of nitrogens with zero attached hydrogens (tertiary/aromatic N) is 1. The van der Waals surface area contributed by atoms with Gasteiger partial charge in [-0.15, -0.1) is 0 Å². The lowest BCUT2D eigenvalue weighted by Gasteiger charge is -2.16. The van der Waals surface area contributed by atoms with Crippen molar-refractivity contribution in [2.75, 3.05) is 0 Å². The molecule has 1 aliphatic carbocycles. The van der Waals surface area contributed by atoms with E-state index in [0.717, 1.165) is 11.1 Å². The standard InChI is InChI=1S/C16H15ClN2O4S/c1-10-3-2-4-15(19(20)21)16(10)24(22,23)18-14-8-5-11-9-12(17)6-7-13(11)14/h2-4,6-7,9,14,18H,5,8H2,1H3. The molecule has 0 bridgehead atoms. The number of benzene rings is 2. The highest BCUT2D eigenvalue weighted by molar-refractivity contribution is 7.89. The fourth-order valence-corrected chi connectivity index (χ4v) is 4.93. The molecule has 0 heterocycles. The van der Waals surface area contributed by atoms with Crippen molar-refractivity contribution in [3.05, 3.63) is 68.2 Å². The van der Waals surface area contributed by atoms with E-state index < -0.39 is 26.7 Å². The summed E-state index contributed by atoms with van der Waals surface area (Å²) >= 11 is 5.96. The van der Waals surface area contributed by atoms with Gasteiger partial charge in [0.05, 0.1) is 4.92 Å². The van der Waals surface area contributed by atoms with Crippen LogP contribution in [0.5, 0.6) is 0 Å². The van der Waals surface area contributed by atoms with Gasteiger partial charge in [0, 0.05) is 17.1 Å². The van der Waals surface area contributed by atoms with Crippen molar-refractivity contribution in [3.8, 4) is 0 Å². The van der Waals surface area contributed by atoms with Crippen molar-refractivity contribution < 1.29 is 13.3 Å². The third-order valence-electron chi connectivity index (χ3n) is 4.14. The molecule has 1 aliphatic rings. The SMILES string of the molecule is Cc1cccc([N+](=O)[O-])c1S(=O)(=O)NC1CCc2cc(Cl)ccc21. The molecule has 24 heavy (non-hydrogen) atoms. The fraction of sp³-hybridized carbons (Fsp3) is 0.250. The Balaban J connectivity index is 1.99. The van der Waals surface area contributed by atoms with E-state index in [-0.39, 0.29) is 4.90 Å². The molecule has 3 rings (SSSR count). The Morgan fingerprint density at radius 1 is 1.29 bits per heavy atom. The number of nitro groups is 1. The average Bonchev–Trinajstić information content (AvgIpc) is 2.88. The minimum absolute atomic E-state index is 0.280. The number of fused-ring (bicyclic) bond motifs is 1. The summed E-state index contributed by atoms with van der Waals surface area (Å²) in [6.07, 6.45) is 1.30. The second kappa shape index (κ2) is 6.16. The second-order valence-electron chi connectivity index (χ2n) is 5.74. The van der Waals surface area contributed by atoms with Crippen molar-refractivity contribution in [2.24, 2.45) is 0 Å². The maximum Gasteiger partial charge on any atom is 0.289 e. The highest BCUT2D eigenvalue weighted by Gasteiger charge is 2.32. The van der Waals surface area contributed by atoms with E-state index in [2.05, 4.69) is 4.72 Å². The molecule has 1 N–H and O–H groups in total. The van der Waals surface area contributed by atoms with E-state index in [1.54, 1.807) is 25.1 Å². The van der Waals surface area contributed by atoms with Gasteiger partial charge in [0.25, 0.3) is 5.69 Å². The summed E-state index contributed by atoms with van der Waals surface area (Å²) in [5, 5.41) is 11.8. The molecule has 1 atom stereocenters. The average molecular weight is 367 g/mol. The highest BCUT2D eigenvalue weighted by atomic mass is 35.5. The first kappa shape index (κ1) is 16.9. The normalized spacial score (nSPS) is 16.8. The molecule has 2 aromatic carbocycles. The van der Waals surface area contributed by atoms with Gasteiger partial charge in [0.1, 0.15) is 0 Å². The molecule has 0 saturated heterocycles. The quantitative estimate of drug-likeness (QED) is 0.662. The maximum absolute atomic E-state index is 12.8. The molecule has 126 valence electrons. The lowest BCUT2D eigenvalue weighted by atomic mass is 10.1. The van der Waals surface area contributed by atoms with Crippen LogP contribution in [0.15, 0.2) is 41.3 Å². The second-order valence-corrected chi connectivity index (χ2v) is 7.82. The summed E-state index contributed by atoms with van der Waals surface area (Å²) in [6.45, 7) is 1.55. The van der Waals surface area contributed by atoms with Crippen LogP contribution in [0.25, 0.3) is 0 Å². The van der Waals surface area contributed by atoms with Gasteiger partial charge in [0.2, 0.25) is 10.0 Å². The van der Waals surface area contributed by atoms with Gasteiger partial charge in [-0.1, -0.05) is 29.8 Å². The van der Waals surface area contributed by atoms with E-state index >= 15 is 0 Å². The maximum atomic E-state index is 12.8. The Morgan fingerprint density at radius 3 is 2.75 bits per heavy atom. The fourth-order valence-electron chi connectivity index (χ4n) is 3.09. The van der Waals surface area contributed by atoms with Crippen LogP contribution >= 0.6 is 11.6 Å². The molecule has 2 aromatic rings. The molecule has 6 nitrogen and oxygen atoms in total. The van der Waals surface area contributed by atoms with Crippen molar-refractivity contribution in [1.82, 2.24) is 4.72 Å². The number of halogens is 1. The molecule has 1 unspecified atom stereocenters. The zero-order chi connectivity index (χ0) is 17.5. The third kappa shape index (κ3) is 3.02. The summed E-state index contributed by atoms with van der Waals surface area (Å²) in [4.78, 5) is 10.2. The monoisotopic (exact) mass is 366 g/mol. The number of nitrogens with one attached hydrogen (secondary N) is 1. The van der Waals surface area contributed by atoms with Crippen molar-refractivity contribution in [1.29, 1.82) is 0 Å². The molecule has 0 amide bonds. The Morgan fingerprint density at radius 2 is 2.04 bits per heavy atom. The molecule has 0 aliphatic heterocycles. The van der Waals surface area contributed by atoms with Gasteiger partial charge in [-0.2, -0.15) is 0 Å². The number of hydrogen-bond donors (Lipinski definition) is 1. The van der Waals surface area contributed by atoms with Crippen LogP contribution in [-0.2, 0) is 16.4 Å². The van der Waals surface area contributed by atoms with Gasteiger partial charge >= 0.3 is 0 Å². The Hall–Kier alpha value is -1.96. The predicted octanol–water partition coefficient (Wildman–Crippen LogP) is 3.52. The van der Waals surface area contributed by atoms with Crippen molar-refractivity contribution in [3.63, 3.8) is 0 Å². The van der Waals surface area contributed by atoms with Crippen LogP contribution in [0, 0.1) is 17.0 Å². The largest absolute Gasteiger partial charge is 0.289 e. The number of aryl methyl sites for hydroxylation is 2. The summed E-state index contributed by atoms with van der Waals surface area (Å²) in [6, 6.07) is 9.13. The Labute approximate surface area is 144 Å². The predicted molar refractivity (Wildman–Crippen MR) is 90.7 cm³/mol. The van der Waals surface area contributed by atoms with Gasteiger partial charge in [-0.05, 0) is 48.6 Å². The summed E-state index contributed by atoms with van der Waals surface area (Å²) < 4.78 is 28.1. The smallest absolute Gasteiger partial charge is 0.258 e. The first-order valence-corrected chi connectivity index (χ1v) is 9.20. The highest BCUT2D eigenvalue weighted by Crippen LogP contribution is 2.35. The van der Waals surface area contributed by atoms with E-state index in [1.807, 2.05) is 6.07 Å². The van der Waals surface area contributed by atoms with Gasteiger partial charge in [-0.25, -0.2) is 13.1 Å². The van der Waals surface area contributed by atoms with Crippen LogP contribution in [0.4, 0.5) is 5.69 Å². The number of hydrogen-bond acceptors (Lipinski definition) is 4. The molecular weight excluding hydrogens is 352 g/mol. The lowest BCUT2D eigenvalue weighted by molar-refractivity contribution is -0.387. The van der Waals surface area contributed by atoms with E-state index in [1.165, 1.54) is 12.1 Å². The lowest BCUT2D eigenvalue weighted by Crippen LogP contribution is -2.28. The Bertz CT molecular complexity index is 928. The van der Waals surface area contributed by atoms with E-state index in [9.17, 15) is 18.5 Å². The van der Waals surface area contributed by atoms with Crippen LogP contribution in [0.3, 0.4) is 0 Å². The van der Waals surface area contributed by atoms with Crippen LogP contribution in [0.2, 0.25) is 5.02 Å². The molecule has 0 saturated carbocycles. The molecule has 0 radical (unpaired) electrons. The molecule has 8 heteroatoms. The first-order valence-electron chi connectivity index (χ1n) is 7.34. The van der Waals surface area contributed by atoms with Gasteiger partial charge in [-0.3, -0.25) is 10.1 Å². The summed E-state index contributed by atoms with van der Waals surface area (Å²) in [5.74, 6) is 0. The third-order valence-corrected chi connectivity index (χ3v) is 6.04. The number of rotatable bonds is 4. The van der Waals surface area contributed by atoms with Crippen LogP contribution < -0.4 is 4.72 Å². The summed E-state index contributed by atoms with van der Waals surface area (Å²) in [7, 11) is -4.03. The minimum atomic E-state index is -4.03. The van der Waals surface area contributed by atoms with Gasteiger partial charge in [0.15, 0.2) is 4.90 Å². The first-order chi connectivity index (χ1) is 11.3. The van der Waals surface area contributed by atoms with Crippen molar-refractivity contribution in [2.45, 2.75) is 30.7 Å². The molecule has 0 aromatic heterocycles. The Kier molecular flexibility index (Phi) is 4.33. The van der Waals surface area contributed by atoms with Crippen LogP contribution in [-0.4, -0.2) is 13.3 Å². The van der Waals surface area contributed by atoms with Crippen molar-refractivity contribution >= 4 is 27.3 Å². The number of sulfonamides is 1. The topological polar surface area (TPSA) is 89.3 Å². The van der Waals surface area contributed by atoms with E-state index in [4.69, 9.17) is 11.6 Å². The van der Waals surface area contributed by atoms with Gasteiger partial charge < -0.3 is 0 Å². The minimum Gasteiger partial charge on any atom is -0.258 e. The molecule has 0 fully saturated rings.